The third-order valence-corrected chi connectivity index (χ3v) is 5.47. The lowest BCUT2D eigenvalue weighted by Crippen LogP contribution is -2.40. The van der Waals surface area contributed by atoms with Crippen molar-refractivity contribution in [3.63, 3.8) is 0 Å². The van der Waals surface area contributed by atoms with Crippen molar-refractivity contribution in [2.75, 3.05) is 19.7 Å². The van der Waals surface area contributed by atoms with Crippen molar-refractivity contribution in [3.05, 3.63) is 47.1 Å². The summed E-state index contributed by atoms with van der Waals surface area (Å²) in [5.74, 6) is -0.562. The number of carbonyl (C=O) groups excluding carboxylic acids is 2. The van der Waals surface area contributed by atoms with Crippen LogP contribution in [0.2, 0.25) is 0 Å². The lowest BCUT2D eigenvalue weighted by atomic mass is 9.97. The van der Waals surface area contributed by atoms with Crippen molar-refractivity contribution in [2.45, 2.75) is 19.8 Å². The summed E-state index contributed by atoms with van der Waals surface area (Å²) in [4.78, 5) is 27.8. The molecule has 0 aliphatic carbocycles. The number of esters is 1. The molecule has 1 aromatic heterocycles. The molecular formula is C19H20FNO3S. The quantitative estimate of drug-likeness (QED) is 0.774. The van der Waals surface area contributed by atoms with Crippen LogP contribution in [0.1, 0.15) is 29.4 Å². The molecule has 25 heavy (non-hydrogen) atoms. The molecule has 132 valence electrons. The van der Waals surface area contributed by atoms with E-state index in [0.29, 0.717) is 37.4 Å². The van der Waals surface area contributed by atoms with Crippen LogP contribution in [-0.2, 0) is 9.53 Å². The smallest absolute Gasteiger partial charge is 0.309 e. The molecular weight excluding hydrogens is 341 g/mol. The van der Waals surface area contributed by atoms with E-state index in [1.165, 1.54) is 23.5 Å². The molecule has 1 fully saturated rings. The van der Waals surface area contributed by atoms with E-state index >= 15 is 0 Å². The fourth-order valence-corrected chi connectivity index (χ4v) is 3.94. The first-order valence-electron chi connectivity index (χ1n) is 8.40. The summed E-state index contributed by atoms with van der Waals surface area (Å²) in [7, 11) is 0. The maximum Gasteiger partial charge on any atom is 0.309 e. The average Bonchev–Trinajstić information content (AvgIpc) is 3.12. The number of rotatable bonds is 4. The van der Waals surface area contributed by atoms with Gasteiger partial charge in [-0.15, -0.1) is 11.3 Å². The lowest BCUT2D eigenvalue weighted by Gasteiger charge is -2.30. The second kappa shape index (κ2) is 7.78. The molecule has 0 unspecified atom stereocenters. The number of benzene rings is 1. The zero-order valence-corrected chi connectivity index (χ0v) is 14.9. The molecule has 2 heterocycles. The number of halogens is 1. The van der Waals surface area contributed by atoms with Crippen LogP contribution >= 0.6 is 11.3 Å². The van der Waals surface area contributed by atoms with E-state index in [9.17, 15) is 14.0 Å². The third kappa shape index (κ3) is 4.07. The molecule has 3 rings (SSSR count). The van der Waals surface area contributed by atoms with Gasteiger partial charge in [-0.2, -0.15) is 0 Å². The van der Waals surface area contributed by atoms with Gasteiger partial charge in [0.05, 0.1) is 17.4 Å². The highest BCUT2D eigenvalue weighted by Crippen LogP contribution is 2.30. The summed E-state index contributed by atoms with van der Waals surface area (Å²) in [5, 5.41) is 0. The normalized spacial score (nSPS) is 15.2. The van der Waals surface area contributed by atoms with Crippen LogP contribution < -0.4 is 0 Å². The minimum atomic E-state index is -0.277. The van der Waals surface area contributed by atoms with Gasteiger partial charge in [-0.3, -0.25) is 9.59 Å². The molecule has 6 heteroatoms. The van der Waals surface area contributed by atoms with Gasteiger partial charge in [0.1, 0.15) is 5.82 Å². The Hall–Kier alpha value is -2.21. The molecule has 4 nitrogen and oxygen atoms in total. The number of nitrogens with zero attached hydrogens (tertiary/aromatic N) is 1. The molecule has 1 aromatic carbocycles. The van der Waals surface area contributed by atoms with Gasteiger partial charge in [0.2, 0.25) is 0 Å². The Labute approximate surface area is 150 Å². The van der Waals surface area contributed by atoms with E-state index in [0.717, 1.165) is 10.4 Å². The predicted octanol–water partition coefficient (Wildman–Crippen LogP) is 3.97. The first-order chi connectivity index (χ1) is 12.1. The molecule has 2 aromatic rings. The van der Waals surface area contributed by atoms with Crippen LogP contribution in [0, 0.1) is 11.7 Å². The minimum absolute atomic E-state index is 0.0133. The highest BCUT2D eigenvalue weighted by molar-refractivity contribution is 7.17. The van der Waals surface area contributed by atoms with Crippen molar-refractivity contribution >= 4 is 23.2 Å². The fourth-order valence-electron chi connectivity index (χ4n) is 2.96. The Morgan fingerprint density at radius 3 is 2.48 bits per heavy atom. The highest BCUT2D eigenvalue weighted by Gasteiger charge is 2.29. The van der Waals surface area contributed by atoms with Gasteiger partial charge < -0.3 is 9.64 Å². The molecule has 0 spiro atoms. The molecule has 1 aliphatic rings. The zero-order chi connectivity index (χ0) is 17.8. The number of amides is 1. The van der Waals surface area contributed by atoms with Crippen molar-refractivity contribution in [3.8, 4) is 10.4 Å². The van der Waals surface area contributed by atoms with E-state index in [1.54, 1.807) is 24.0 Å². The first-order valence-corrected chi connectivity index (χ1v) is 9.22. The van der Waals surface area contributed by atoms with Crippen LogP contribution in [0.5, 0.6) is 0 Å². The van der Waals surface area contributed by atoms with E-state index < -0.39 is 0 Å². The number of ether oxygens (including phenoxy) is 1. The molecule has 0 atom stereocenters. The third-order valence-electron chi connectivity index (χ3n) is 4.35. The molecule has 0 N–H and O–H groups in total. The second-order valence-electron chi connectivity index (χ2n) is 5.99. The Morgan fingerprint density at radius 1 is 1.16 bits per heavy atom. The van der Waals surface area contributed by atoms with Crippen LogP contribution in [0.4, 0.5) is 4.39 Å². The van der Waals surface area contributed by atoms with Gasteiger partial charge in [-0.1, -0.05) is 12.1 Å². The van der Waals surface area contributed by atoms with Crippen molar-refractivity contribution in [1.82, 2.24) is 4.90 Å². The van der Waals surface area contributed by atoms with Crippen LogP contribution in [-0.4, -0.2) is 36.5 Å². The van der Waals surface area contributed by atoms with Crippen LogP contribution in [0.25, 0.3) is 10.4 Å². The molecule has 0 bridgehead atoms. The summed E-state index contributed by atoms with van der Waals surface area (Å²) >= 11 is 1.40. The summed E-state index contributed by atoms with van der Waals surface area (Å²) in [6.07, 6.45) is 1.28. The summed E-state index contributed by atoms with van der Waals surface area (Å²) in [5.41, 5.74) is 0.895. The standard InChI is InChI=1S/C19H20FNO3S/c1-2-24-19(23)14-9-11-21(12-10-14)18(22)17-8-7-16(25-17)13-3-5-15(20)6-4-13/h3-8,14H,2,9-12H2,1H3. The Bertz CT molecular complexity index is 748. The number of hydrogen-bond donors (Lipinski definition) is 0. The maximum atomic E-state index is 13.0. The zero-order valence-electron chi connectivity index (χ0n) is 14.0. The maximum absolute atomic E-state index is 13.0. The van der Waals surface area contributed by atoms with Gasteiger partial charge in [0.15, 0.2) is 0 Å². The van der Waals surface area contributed by atoms with Gasteiger partial charge in [-0.05, 0) is 49.6 Å². The molecule has 1 saturated heterocycles. The Kier molecular flexibility index (Phi) is 5.48. The van der Waals surface area contributed by atoms with Crippen molar-refractivity contribution in [2.24, 2.45) is 5.92 Å². The van der Waals surface area contributed by atoms with E-state index in [2.05, 4.69) is 0 Å². The molecule has 1 aliphatic heterocycles. The summed E-state index contributed by atoms with van der Waals surface area (Å²) in [6, 6.07) is 9.94. The van der Waals surface area contributed by atoms with Crippen molar-refractivity contribution < 1.29 is 18.7 Å². The van der Waals surface area contributed by atoms with Gasteiger partial charge in [0.25, 0.3) is 5.91 Å². The summed E-state index contributed by atoms with van der Waals surface area (Å²) in [6.45, 7) is 3.31. The van der Waals surface area contributed by atoms with E-state index in [-0.39, 0.29) is 23.6 Å². The monoisotopic (exact) mass is 361 g/mol. The molecule has 0 saturated carbocycles. The number of hydrogen-bond acceptors (Lipinski definition) is 4. The fraction of sp³-hybridized carbons (Fsp3) is 0.368. The SMILES string of the molecule is CCOC(=O)C1CCN(C(=O)c2ccc(-c3ccc(F)cc3)s2)CC1. The molecule has 0 radical (unpaired) electrons. The first kappa shape index (κ1) is 17.6. The number of likely N-dealkylation sites (tertiary alicyclic amines) is 1. The van der Waals surface area contributed by atoms with Crippen LogP contribution in [0.15, 0.2) is 36.4 Å². The topological polar surface area (TPSA) is 46.6 Å². The van der Waals surface area contributed by atoms with Crippen molar-refractivity contribution in [1.29, 1.82) is 0 Å². The van der Waals surface area contributed by atoms with E-state index in [4.69, 9.17) is 4.74 Å². The van der Waals surface area contributed by atoms with Crippen LogP contribution in [0.3, 0.4) is 0 Å². The predicted molar refractivity (Wildman–Crippen MR) is 95.0 cm³/mol. The average molecular weight is 361 g/mol. The minimum Gasteiger partial charge on any atom is -0.466 e. The Morgan fingerprint density at radius 2 is 1.84 bits per heavy atom. The lowest BCUT2D eigenvalue weighted by molar-refractivity contribution is -0.149. The van der Waals surface area contributed by atoms with E-state index in [1.807, 2.05) is 12.1 Å². The Balaban J connectivity index is 1.63. The summed E-state index contributed by atoms with van der Waals surface area (Å²) < 4.78 is 18.1. The second-order valence-corrected chi connectivity index (χ2v) is 7.07. The number of carbonyl (C=O) groups is 2. The largest absolute Gasteiger partial charge is 0.466 e. The number of thiophene rings is 1. The van der Waals surface area contributed by atoms with Gasteiger partial charge in [-0.25, -0.2) is 4.39 Å². The van der Waals surface area contributed by atoms with Gasteiger partial charge in [0, 0.05) is 18.0 Å². The molecule has 1 amide bonds. The van der Waals surface area contributed by atoms with Gasteiger partial charge >= 0.3 is 5.97 Å². The highest BCUT2D eigenvalue weighted by atomic mass is 32.1. The number of piperidine rings is 1.